The van der Waals surface area contributed by atoms with Crippen LogP contribution in [0.4, 0.5) is 5.69 Å². The number of nitrogen functional groups attached to an aromatic ring is 1. The molecule has 0 heterocycles. The van der Waals surface area contributed by atoms with Crippen LogP contribution in [0.3, 0.4) is 0 Å². The quantitative estimate of drug-likeness (QED) is 0.660. The molecule has 0 atom stereocenters. The van der Waals surface area contributed by atoms with Gasteiger partial charge in [-0.2, -0.15) is 0 Å². The minimum absolute atomic E-state index is 0.150. The fraction of sp³-hybridized carbons (Fsp3) is 0.588. The topological polar surface area (TPSA) is 43.1 Å². The van der Waals surface area contributed by atoms with Gasteiger partial charge in [0.1, 0.15) is 5.78 Å². The average Bonchev–Trinajstić information content (AvgIpc) is 3.24. The van der Waals surface area contributed by atoms with Crippen molar-refractivity contribution in [1.29, 1.82) is 0 Å². The maximum absolute atomic E-state index is 12.9. The molecular weight excluding hydrogens is 234 g/mol. The number of ketones is 1. The first-order chi connectivity index (χ1) is 9.22. The molecule has 0 amide bonds. The van der Waals surface area contributed by atoms with E-state index in [9.17, 15) is 4.79 Å². The van der Waals surface area contributed by atoms with E-state index in [4.69, 9.17) is 5.73 Å². The number of carbonyl (C=O) groups excluding carboxylic acids is 1. The van der Waals surface area contributed by atoms with Crippen LogP contribution in [-0.4, -0.2) is 5.78 Å². The maximum Gasteiger partial charge on any atom is 0.146 e. The molecule has 2 N–H and O–H groups in total. The van der Waals surface area contributed by atoms with Crippen molar-refractivity contribution < 1.29 is 4.79 Å². The maximum atomic E-state index is 12.9. The van der Waals surface area contributed by atoms with Crippen molar-refractivity contribution in [2.75, 3.05) is 5.73 Å². The third-order valence-corrected chi connectivity index (χ3v) is 4.91. The van der Waals surface area contributed by atoms with Gasteiger partial charge in [-0.3, -0.25) is 4.79 Å². The molecule has 0 aromatic heterocycles. The molecule has 2 heteroatoms. The van der Waals surface area contributed by atoms with E-state index in [1.807, 2.05) is 12.1 Å². The van der Waals surface area contributed by atoms with Crippen LogP contribution in [0.5, 0.6) is 0 Å². The van der Waals surface area contributed by atoms with Crippen LogP contribution in [0.1, 0.15) is 56.9 Å². The van der Waals surface area contributed by atoms with E-state index in [-0.39, 0.29) is 5.41 Å². The smallest absolute Gasteiger partial charge is 0.146 e. The lowest BCUT2D eigenvalue weighted by molar-refractivity contribution is -0.125. The number of hydrogen-bond donors (Lipinski definition) is 1. The first kappa shape index (κ1) is 12.7. The zero-order valence-electron chi connectivity index (χ0n) is 11.5. The Labute approximate surface area is 115 Å². The summed E-state index contributed by atoms with van der Waals surface area (Å²) in [5, 5.41) is 0. The lowest BCUT2D eigenvalue weighted by atomic mass is 9.81. The number of nitrogens with two attached hydrogens (primary N) is 1. The van der Waals surface area contributed by atoms with Gasteiger partial charge in [0.2, 0.25) is 0 Å². The van der Waals surface area contributed by atoms with E-state index in [1.54, 1.807) is 0 Å². The standard InChI is InChI=1S/C17H23NO/c18-15-9-7-14(8-10-15)17(11-12-17)16(19)13-5-3-1-2-4-6-13/h7-10,13H,1-6,11-12,18H2. The van der Waals surface area contributed by atoms with E-state index in [0.717, 1.165) is 31.4 Å². The van der Waals surface area contributed by atoms with Gasteiger partial charge in [0.15, 0.2) is 0 Å². The summed E-state index contributed by atoms with van der Waals surface area (Å²) in [6.45, 7) is 0. The van der Waals surface area contributed by atoms with E-state index < -0.39 is 0 Å². The largest absolute Gasteiger partial charge is 0.399 e. The predicted molar refractivity (Wildman–Crippen MR) is 78.0 cm³/mol. The Morgan fingerprint density at radius 2 is 1.58 bits per heavy atom. The molecule has 2 aliphatic rings. The predicted octanol–water partition coefficient (Wildman–Crippen LogP) is 3.84. The second-order valence-electron chi connectivity index (χ2n) is 6.26. The van der Waals surface area contributed by atoms with Crippen LogP contribution in [0, 0.1) is 5.92 Å². The number of rotatable bonds is 3. The van der Waals surface area contributed by atoms with E-state index in [2.05, 4.69) is 12.1 Å². The summed E-state index contributed by atoms with van der Waals surface area (Å²) in [6.07, 6.45) is 9.35. The Hall–Kier alpha value is -1.31. The average molecular weight is 257 g/mol. The van der Waals surface area contributed by atoms with Crippen molar-refractivity contribution in [3.05, 3.63) is 29.8 Å². The first-order valence-corrected chi connectivity index (χ1v) is 7.63. The normalized spacial score (nSPS) is 22.7. The van der Waals surface area contributed by atoms with Crippen LogP contribution in [0.15, 0.2) is 24.3 Å². The first-order valence-electron chi connectivity index (χ1n) is 7.63. The molecule has 1 aromatic rings. The second-order valence-corrected chi connectivity index (χ2v) is 6.26. The van der Waals surface area contributed by atoms with Crippen LogP contribution in [-0.2, 0) is 10.2 Å². The Balaban J connectivity index is 1.80. The molecule has 0 unspecified atom stereocenters. The highest BCUT2D eigenvalue weighted by Crippen LogP contribution is 2.51. The second kappa shape index (κ2) is 4.99. The molecule has 102 valence electrons. The van der Waals surface area contributed by atoms with E-state index >= 15 is 0 Å². The number of benzene rings is 1. The van der Waals surface area contributed by atoms with E-state index in [1.165, 1.54) is 31.2 Å². The summed E-state index contributed by atoms with van der Waals surface area (Å²) in [6, 6.07) is 7.96. The van der Waals surface area contributed by atoms with Crippen LogP contribution in [0.25, 0.3) is 0 Å². The van der Waals surface area contributed by atoms with Crippen molar-refractivity contribution in [3.8, 4) is 0 Å². The summed E-state index contributed by atoms with van der Waals surface area (Å²) in [4.78, 5) is 12.9. The zero-order valence-corrected chi connectivity index (χ0v) is 11.5. The van der Waals surface area contributed by atoms with Gasteiger partial charge < -0.3 is 5.73 Å². The van der Waals surface area contributed by atoms with Crippen molar-refractivity contribution >= 4 is 11.5 Å². The van der Waals surface area contributed by atoms with Gasteiger partial charge in [-0.15, -0.1) is 0 Å². The molecule has 2 aliphatic carbocycles. The molecule has 2 saturated carbocycles. The van der Waals surface area contributed by atoms with Crippen molar-refractivity contribution in [2.45, 2.75) is 56.8 Å². The highest BCUT2D eigenvalue weighted by atomic mass is 16.1. The lowest BCUT2D eigenvalue weighted by Gasteiger charge is -2.21. The van der Waals surface area contributed by atoms with Gasteiger partial charge in [-0.1, -0.05) is 37.8 Å². The third-order valence-electron chi connectivity index (χ3n) is 4.91. The molecule has 0 saturated heterocycles. The summed E-state index contributed by atoms with van der Waals surface area (Å²) in [7, 11) is 0. The Morgan fingerprint density at radius 1 is 1.00 bits per heavy atom. The minimum Gasteiger partial charge on any atom is -0.399 e. The molecule has 1 aromatic carbocycles. The molecule has 0 aliphatic heterocycles. The van der Waals surface area contributed by atoms with Gasteiger partial charge in [0.05, 0.1) is 5.41 Å². The van der Waals surface area contributed by atoms with Crippen LogP contribution < -0.4 is 5.73 Å². The number of Topliss-reactive ketones (excluding diaryl/α,β-unsaturated/α-hetero) is 1. The molecule has 19 heavy (non-hydrogen) atoms. The summed E-state index contributed by atoms with van der Waals surface area (Å²) >= 11 is 0. The monoisotopic (exact) mass is 257 g/mol. The van der Waals surface area contributed by atoms with Crippen molar-refractivity contribution in [3.63, 3.8) is 0 Å². The number of carbonyl (C=O) groups is 1. The SMILES string of the molecule is Nc1ccc(C2(C(=O)C3CCCCCC3)CC2)cc1. The van der Waals surface area contributed by atoms with Crippen LogP contribution >= 0.6 is 0 Å². The number of anilines is 1. The van der Waals surface area contributed by atoms with Crippen molar-refractivity contribution in [2.24, 2.45) is 5.92 Å². The van der Waals surface area contributed by atoms with Crippen LogP contribution in [0.2, 0.25) is 0 Å². The minimum atomic E-state index is -0.150. The highest BCUT2D eigenvalue weighted by Gasteiger charge is 2.52. The Kier molecular flexibility index (Phi) is 3.34. The van der Waals surface area contributed by atoms with Gasteiger partial charge >= 0.3 is 0 Å². The third kappa shape index (κ3) is 2.41. The van der Waals surface area contributed by atoms with Gasteiger partial charge in [0, 0.05) is 11.6 Å². The molecule has 2 fully saturated rings. The Bertz CT molecular complexity index is 451. The van der Waals surface area contributed by atoms with Gasteiger partial charge in [-0.25, -0.2) is 0 Å². The molecule has 0 radical (unpaired) electrons. The van der Waals surface area contributed by atoms with E-state index in [0.29, 0.717) is 11.7 Å². The fourth-order valence-electron chi connectivity index (χ4n) is 3.54. The van der Waals surface area contributed by atoms with Crippen molar-refractivity contribution in [1.82, 2.24) is 0 Å². The highest BCUT2D eigenvalue weighted by molar-refractivity contribution is 5.95. The molecule has 0 bridgehead atoms. The van der Waals surface area contributed by atoms with Gasteiger partial charge in [0.25, 0.3) is 0 Å². The summed E-state index contributed by atoms with van der Waals surface area (Å²) in [5.74, 6) is 0.821. The fourth-order valence-corrected chi connectivity index (χ4v) is 3.54. The summed E-state index contributed by atoms with van der Waals surface area (Å²) < 4.78 is 0. The molecule has 2 nitrogen and oxygen atoms in total. The summed E-state index contributed by atoms with van der Waals surface area (Å²) in [5.41, 5.74) is 7.56. The van der Waals surface area contributed by atoms with Gasteiger partial charge in [-0.05, 0) is 43.4 Å². The zero-order chi connectivity index (χ0) is 13.3. The Morgan fingerprint density at radius 3 is 2.11 bits per heavy atom. The number of hydrogen-bond acceptors (Lipinski definition) is 2. The lowest BCUT2D eigenvalue weighted by Crippen LogP contribution is -2.28. The molecular formula is C17H23NO. The molecule has 0 spiro atoms. The molecule has 3 rings (SSSR count).